The molecule has 1 atom stereocenters. The third-order valence-electron chi connectivity index (χ3n) is 3.60. The van der Waals surface area contributed by atoms with E-state index in [4.69, 9.17) is 5.73 Å². The summed E-state index contributed by atoms with van der Waals surface area (Å²) < 4.78 is 37.9. The molecule has 1 heterocycles. The average molecular weight is 344 g/mol. The molecule has 0 aliphatic rings. The minimum Gasteiger partial charge on any atom is -0.324 e. The van der Waals surface area contributed by atoms with Crippen molar-refractivity contribution in [2.24, 2.45) is 5.73 Å². The van der Waals surface area contributed by atoms with Crippen molar-refractivity contribution in [2.75, 3.05) is 5.32 Å². The van der Waals surface area contributed by atoms with Crippen LogP contribution in [0.1, 0.15) is 11.6 Å². The fourth-order valence-corrected chi connectivity index (χ4v) is 2.28. The fraction of sp³-hybridized carbons (Fsp3) is 0.111. The Morgan fingerprint density at radius 2 is 1.60 bits per heavy atom. The molecule has 0 saturated heterocycles. The molecule has 0 bridgehead atoms. The molecule has 0 radical (unpaired) electrons. The van der Waals surface area contributed by atoms with Crippen LogP contribution in [0.5, 0.6) is 0 Å². The number of nitrogens with zero attached hydrogens (tertiary/aromatic N) is 2. The lowest BCUT2D eigenvalue weighted by molar-refractivity contribution is -0.149. The van der Waals surface area contributed by atoms with Gasteiger partial charge >= 0.3 is 6.18 Å². The smallest absolute Gasteiger partial charge is 0.324 e. The van der Waals surface area contributed by atoms with Gasteiger partial charge in [0.2, 0.25) is 5.95 Å². The van der Waals surface area contributed by atoms with E-state index in [9.17, 15) is 13.2 Å². The Hall–Kier alpha value is -2.93. The largest absolute Gasteiger partial charge is 0.407 e. The number of nitrogens with two attached hydrogens (primary N) is 1. The van der Waals surface area contributed by atoms with Gasteiger partial charge in [-0.1, -0.05) is 42.5 Å². The van der Waals surface area contributed by atoms with E-state index in [-0.39, 0.29) is 5.56 Å². The molecule has 2 aromatic carbocycles. The first-order valence-corrected chi connectivity index (χ1v) is 7.51. The summed E-state index contributed by atoms with van der Waals surface area (Å²) in [5.41, 5.74) is 7.45. The molecule has 0 aliphatic heterocycles. The summed E-state index contributed by atoms with van der Waals surface area (Å²) in [4.78, 5) is 8.54. The minimum atomic E-state index is -4.47. The number of rotatable bonds is 4. The summed E-state index contributed by atoms with van der Waals surface area (Å²) in [6.45, 7) is 0. The van der Waals surface area contributed by atoms with Gasteiger partial charge in [-0.2, -0.15) is 13.2 Å². The second-order valence-corrected chi connectivity index (χ2v) is 5.40. The Morgan fingerprint density at radius 1 is 0.920 bits per heavy atom. The molecule has 7 heteroatoms. The van der Waals surface area contributed by atoms with E-state index >= 15 is 0 Å². The lowest BCUT2D eigenvalue weighted by atomic mass is 10.1. The van der Waals surface area contributed by atoms with E-state index in [0.717, 1.165) is 11.3 Å². The second-order valence-electron chi connectivity index (χ2n) is 5.40. The first-order valence-electron chi connectivity index (χ1n) is 7.51. The Morgan fingerprint density at radius 3 is 2.24 bits per heavy atom. The second kappa shape index (κ2) is 6.90. The highest BCUT2D eigenvalue weighted by atomic mass is 19.4. The van der Waals surface area contributed by atoms with Gasteiger partial charge in [0, 0.05) is 17.4 Å². The Kier molecular flexibility index (Phi) is 4.67. The van der Waals surface area contributed by atoms with E-state index in [0.29, 0.717) is 11.6 Å². The molecular weight excluding hydrogens is 329 g/mol. The van der Waals surface area contributed by atoms with Crippen LogP contribution in [0.15, 0.2) is 66.9 Å². The van der Waals surface area contributed by atoms with Crippen molar-refractivity contribution in [2.45, 2.75) is 12.2 Å². The topological polar surface area (TPSA) is 63.8 Å². The summed E-state index contributed by atoms with van der Waals surface area (Å²) in [5.74, 6) is 0.356. The van der Waals surface area contributed by atoms with Crippen molar-refractivity contribution >= 4 is 11.6 Å². The normalized spacial score (nSPS) is 12.6. The molecule has 0 aliphatic carbocycles. The van der Waals surface area contributed by atoms with Gasteiger partial charge < -0.3 is 11.1 Å². The monoisotopic (exact) mass is 344 g/mol. The average Bonchev–Trinajstić information content (AvgIpc) is 2.62. The highest BCUT2D eigenvalue weighted by Crippen LogP contribution is 2.31. The number of hydrogen-bond acceptors (Lipinski definition) is 4. The summed E-state index contributed by atoms with van der Waals surface area (Å²) in [5, 5.41) is 2.97. The van der Waals surface area contributed by atoms with Crippen molar-refractivity contribution in [3.63, 3.8) is 0 Å². The number of aromatic nitrogens is 2. The van der Waals surface area contributed by atoms with Gasteiger partial charge in [0.1, 0.15) is 6.04 Å². The highest BCUT2D eigenvalue weighted by molar-refractivity contribution is 5.61. The van der Waals surface area contributed by atoms with E-state index in [2.05, 4.69) is 15.3 Å². The predicted molar refractivity (Wildman–Crippen MR) is 90.2 cm³/mol. The van der Waals surface area contributed by atoms with Gasteiger partial charge in [-0.25, -0.2) is 9.97 Å². The first-order chi connectivity index (χ1) is 11.9. The third-order valence-corrected chi connectivity index (χ3v) is 3.60. The number of benzene rings is 2. The summed E-state index contributed by atoms with van der Waals surface area (Å²) in [6.07, 6.45) is -2.85. The van der Waals surface area contributed by atoms with Gasteiger partial charge in [-0.3, -0.25) is 0 Å². The number of hydrogen-bond donors (Lipinski definition) is 2. The minimum absolute atomic E-state index is 0.00277. The molecular formula is C18H15F3N4. The molecule has 1 aromatic heterocycles. The molecule has 3 N–H and O–H groups in total. The van der Waals surface area contributed by atoms with Crippen LogP contribution in [-0.2, 0) is 0 Å². The van der Waals surface area contributed by atoms with Crippen LogP contribution in [0.3, 0.4) is 0 Å². The van der Waals surface area contributed by atoms with E-state index < -0.39 is 12.2 Å². The van der Waals surface area contributed by atoms with Crippen LogP contribution in [0.4, 0.5) is 24.8 Å². The van der Waals surface area contributed by atoms with Crippen molar-refractivity contribution in [3.8, 4) is 11.3 Å². The third kappa shape index (κ3) is 4.13. The summed E-state index contributed by atoms with van der Waals surface area (Å²) in [6, 6.07) is 15.1. The van der Waals surface area contributed by atoms with E-state index in [1.54, 1.807) is 12.3 Å². The fourth-order valence-electron chi connectivity index (χ4n) is 2.28. The quantitative estimate of drug-likeness (QED) is 0.734. The Labute approximate surface area is 142 Å². The van der Waals surface area contributed by atoms with Crippen molar-refractivity contribution in [3.05, 3.63) is 72.4 Å². The molecule has 25 heavy (non-hydrogen) atoms. The van der Waals surface area contributed by atoms with Crippen molar-refractivity contribution in [1.29, 1.82) is 0 Å². The summed E-state index contributed by atoms with van der Waals surface area (Å²) >= 11 is 0. The SMILES string of the molecule is NC(c1ccc(Nc2nccc(-c3ccccc3)n2)cc1)C(F)(F)F. The molecule has 1 unspecified atom stereocenters. The van der Waals surface area contributed by atoms with Crippen LogP contribution in [0.25, 0.3) is 11.3 Å². The van der Waals surface area contributed by atoms with Crippen LogP contribution < -0.4 is 11.1 Å². The predicted octanol–water partition coefficient (Wildman–Crippen LogP) is 4.45. The maximum atomic E-state index is 12.6. The number of alkyl halides is 3. The maximum absolute atomic E-state index is 12.6. The van der Waals surface area contributed by atoms with Crippen molar-refractivity contribution in [1.82, 2.24) is 9.97 Å². The highest BCUT2D eigenvalue weighted by Gasteiger charge is 2.37. The van der Waals surface area contributed by atoms with E-state index in [1.807, 2.05) is 30.3 Å². The van der Waals surface area contributed by atoms with Gasteiger partial charge in [0.15, 0.2) is 0 Å². The molecule has 3 rings (SSSR count). The lowest BCUT2D eigenvalue weighted by Crippen LogP contribution is -2.28. The molecule has 0 spiro atoms. The first kappa shape index (κ1) is 16.9. The molecule has 0 saturated carbocycles. The zero-order valence-electron chi connectivity index (χ0n) is 13.0. The van der Waals surface area contributed by atoms with Gasteiger partial charge in [0.05, 0.1) is 5.69 Å². The number of halogens is 3. The molecule has 4 nitrogen and oxygen atoms in total. The molecule has 128 valence electrons. The Bertz CT molecular complexity index is 833. The van der Waals surface area contributed by atoms with E-state index in [1.165, 1.54) is 24.3 Å². The lowest BCUT2D eigenvalue weighted by Gasteiger charge is -2.16. The summed E-state index contributed by atoms with van der Waals surface area (Å²) in [7, 11) is 0. The van der Waals surface area contributed by atoms with Gasteiger partial charge in [-0.05, 0) is 23.8 Å². The van der Waals surface area contributed by atoms with Crippen molar-refractivity contribution < 1.29 is 13.2 Å². The molecule has 0 fully saturated rings. The number of nitrogens with one attached hydrogen (secondary N) is 1. The van der Waals surface area contributed by atoms with Crippen LogP contribution in [0.2, 0.25) is 0 Å². The van der Waals surface area contributed by atoms with Crippen LogP contribution in [0, 0.1) is 0 Å². The Balaban J connectivity index is 1.77. The van der Waals surface area contributed by atoms with Gasteiger partial charge in [-0.15, -0.1) is 0 Å². The maximum Gasteiger partial charge on any atom is 0.407 e. The zero-order chi connectivity index (χ0) is 17.9. The van der Waals surface area contributed by atoms with Crippen LogP contribution in [-0.4, -0.2) is 16.1 Å². The van der Waals surface area contributed by atoms with Gasteiger partial charge in [0.25, 0.3) is 0 Å². The molecule has 0 amide bonds. The van der Waals surface area contributed by atoms with Crippen LogP contribution >= 0.6 is 0 Å². The number of anilines is 2. The molecule has 3 aromatic rings. The standard InChI is InChI=1S/C18H15F3N4/c19-18(20,21)16(22)13-6-8-14(9-7-13)24-17-23-11-10-15(25-17)12-4-2-1-3-5-12/h1-11,16H,22H2,(H,23,24,25). The zero-order valence-corrected chi connectivity index (χ0v) is 13.0.